The van der Waals surface area contributed by atoms with E-state index in [0.29, 0.717) is 5.92 Å². The first-order chi connectivity index (χ1) is 9.52. The maximum Gasteiger partial charge on any atom is 0.126 e. The van der Waals surface area contributed by atoms with Crippen LogP contribution < -0.4 is 9.64 Å². The molecule has 4 nitrogen and oxygen atoms in total. The van der Waals surface area contributed by atoms with Crippen LogP contribution in [0, 0.1) is 5.92 Å². The third kappa shape index (κ3) is 3.25. The Bertz CT molecular complexity index is 448. The molecule has 1 heterocycles. The van der Waals surface area contributed by atoms with E-state index in [9.17, 15) is 5.11 Å². The van der Waals surface area contributed by atoms with Gasteiger partial charge in [0.1, 0.15) is 5.75 Å². The summed E-state index contributed by atoms with van der Waals surface area (Å²) in [5, 5.41) is 10.1. The van der Waals surface area contributed by atoms with Crippen LogP contribution in [0.4, 0.5) is 5.69 Å². The predicted molar refractivity (Wildman–Crippen MR) is 82.5 cm³/mol. The smallest absolute Gasteiger partial charge is 0.126 e. The second-order valence-electron chi connectivity index (χ2n) is 5.87. The van der Waals surface area contributed by atoms with Crippen molar-refractivity contribution < 1.29 is 9.84 Å². The molecular weight excluding hydrogens is 252 g/mol. The van der Waals surface area contributed by atoms with Gasteiger partial charge in [0.25, 0.3) is 0 Å². The van der Waals surface area contributed by atoms with Crippen molar-refractivity contribution in [3.8, 4) is 5.75 Å². The second kappa shape index (κ2) is 6.46. The largest absolute Gasteiger partial charge is 0.496 e. The fourth-order valence-corrected chi connectivity index (χ4v) is 3.12. The van der Waals surface area contributed by atoms with Crippen molar-refractivity contribution in [1.82, 2.24) is 4.90 Å². The molecule has 112 valence electrons. The van der Waals surface area contributed by atoms with Gasteiger partial charge in [0.15, 0.2) is 0 Å². The molecular formula is C16H26N2O2. The van der Waals surface area contributed by atoms with Gasteiger partial charge in [-0.25, -0.2) is 0 Å². The van der Waals surface area contributed by atoms with Crippen LogP contribution in [0.5, 0.6) is 5.75 Å². The van der Waals surface area contributed by atoms with E-state index in [4.69, 9.17) is 4.74 Å². The minimum absolute atomic E-state index is 0.533. The molecule has 2 atom stereocenters. The molecule has 1 saturated heterocycles. The molecule has 0 amide bonds. The first-order valence-electron chi connectivity index (χ1n) is 7.27. The highest BCUT2D eigenvalue weighted by Crippen LogP contribution is 2.34. The summed E-state index contributed by atoms with van der Waals surface area (Å²) in [5.41, 5.74) is 1.94. The van der Waals surface area contributed by atoms with Crippen molar-refractivity contribution >= 4 is 5.69 Å². The van der Waals surface area contributed by atoms with Gasteiger partial charge in [-0.2, -0.15) is 0 Å². The Morgan fingerprint density at radius 2 is 2.25 bits per heavy atom. The fourth-order valence-electron chi connectivity index (χ4n) is 3.12. The normalized spacial score (nSPS) is 20.9. The summed E-state index contributed by atoms with van der Waals surface area (Å²) in [5.74, 6) is 1.45. The average Bonchev–Trinajstić information content (AvgIpc) is 2.82. The van der Waals surface area contributed by atoms with Crippen LogP contribution in [0.3, 0.4) is 0 Å². The Morgan fingerprint density at radius 1 is 1.50 bits per heavy atom. The van der Waals surface area contributed by atoms with E-state index < -0.39 is 6.10 Å². The van der Waals surface area contributed by atoms with E-state index in [1.165, 1.54) is 13.0 Å². The lowest BCUT2D eigenvalue weighted by Gasteiger charge is -2.27. The summed E-state index contributed by atoms with van der Waals surface area (Å²) in [4.78, 5) is 4.62. The van der Waals surface area contributed by atoms with Crippen molar-refractivity contribution in [3.05, 3.63) is 23.8 Å². The zero-order valence-electron chi connectivity index (χ0n) is 13.0. The van der Waals surface area contributed by atoms with Crippen LogP contribution in [0.15, 0.2) is 18.2 Å². The number of likely N-dealkylation sites (tertiary alicyclic amines) is 1. The predicted octanol–water partition coefficient (Wildman–Crippen LogP) is 2.14. The van der Waals surface area contributed by atoms with Crippen LogP contribution in [-0.4, -0.2) is 50.8 Å². The van der Waals surface area contributed by atoms with Gasteiger partial charge in [0.05, 0.1) is 13.2 Å². The summed E-state index contributed by atoms with van der Waals surface area (Å²) < 4.78 is 5.39. The highest BCUT2D eigenvalue weighted by molar-refractivity contribution is 5.60. The van der Waals surface area contributed by atoms with Crippen LogP contribution in [-0.2, 0) is 0 Å². The highest BCUT2D eigenvalue weighted by Gasteiger charge is 2.23. The molecule has 1 aromatic rings. The van der Waals surface area contributed by atoms with Gasteiger partial charge in [-0.15, -0.1) is 0 Å². The Labute approximate surface area is 122 Å². The van der Waals surface area contributed by atoms with E-state index in [2.05, 4.69) is 30.0 Å². The summed E-state index contributed by atoms with van der Waals surface area (Å²) >= 11 is 0. The van der Waals surface area contributed by atoms with Crippen LogP contribution in [0.25, 0.3) is 0 Å². The van der Waals surface area contributed by atoms with Crippen LogP contribution in [0.1, 0.15) is 25.0 Å². The van der Waals surface area contributed by atoms with Crippen LogP contribution in [0.2, 0.25) is 0 Å². The lowest BCUT2D eigenvalue weighted by atomic mass is 10.0. The monoisotopic (exact) mass is 278 g/mol. The summed E-state index contributed by atoms with van der Waals surface area (Å²) in [6, 6.07) is 5.95. The van der Waals surface area contributed by atoms with Crippen molar-refractivity contribution in [3.63, 3.8) is 0 Å². The van der Waals surface area contributed by atoms with Crippen molar-refractivity contribution in [2.45, 2.75) is 19.4 Å². The molecule has 0 saturated carbocycles. The number of hydrogen-bond donors (Lipinski definition) is 1. The number of aliphatic hydroxyl groups is 1. The molecule has 1 aliphatic rings. The molecule has 0 aromatic heterocycles. The molecule has 2 rings (SSSR count). The van der Waals surface area contributed by atoms with E-state index >= 15 is 0 Å². The zero-order chi connectivity index (χ0) is 14.7. The third-order valence-corrected chi connectivity index (χ3v) is 4.11. The van der Waals surface area contributed by atoms with Gasteiger partial charge >= 0.3 is 0 Å². The van der Waals surface area contributed by atoms with Crippen molar-refractivity contribution in [2.75, 3.05) is 45.7 Å². The maximum atomic E-state index is 10.1. The number of hydrogen-bond acceptors (Lipinski definition) is 4. The maximum absolute atomic E-state index is 10.1. The molecule has 1 aromatic carbocycles. The Kier molecular flexibility index (Phi) is 4.89. The number of anilines is 1. The van der Waals surface area contributed by atoms with E-state index in [1.54, 1.807) is 14.0 Å². The van der Waals surface area contributed by atoms with Gasteiger partial charge in [-0.1, -0.05) is 6.07 Å². The molecule has 0 spiro atoms. The Balaban J connectivity index is 2.18. The number of aliphatic hydroxyl groups excluding tert-OH is 1. The quantitative estimate of drug-likeness (QED) is 0.895. The number of benzene rings is 1. The van der Waals surface area contributed by atoms with E-state index in [0.717, 1.165) is 30.1 Å². The lowest BCUT2D eigenvalue weighted by Crippen LogP contribution is -2.28. The minimum atomic E-state index is -0.533. The second-order valence-corrected chi connectivity index (χ2v) is 5.87. The van der Waals surface area contributed by atoms with Gasteiger partial charge < -0.3 is 19.6 Å². The number of methoxy groups -OCH3 is 1. The third-order valence-electron chi connectivity index (χ3n) is 4.11. The van der Waals surface area contributed by atoms with Gasteiger partial charge in [-0.3, -0.25) is 0 Å². The Hall–Kier alpha value is -1.26. The number of ether oxygens (including phenoxy) is 1. The molecule has 1 fully saturated rings. The first-order valence-corrected chi connectivity index (χ1v) is 7.27. The van der Waals surface area contributed by atoms with Gasteiger partial charge in [0, 0.05) is 31.4 Å². The number of nitrogens with zero attached hydrogens (tertiary/aromatic N) is 2. The van der Waals surface area contributed by atoms with Crippen LogP contribution >= 0.6 is 0 Å². The molecule has 2 unspecified atom stereocenters. The topological polar surface area (TPSA) is 35.9 Å². The fraction of sp³-hybridized carbons (Fsp3) is 0.625. The zero-order valence-corrected chi connectivity index (χ0v) is 13.0. The molecule has 1 N–H and O–H groups in total. The van der Waals surface area contributed by atoms with Gasteiger partial charge in [-0.05, 0) is 45.0 Å². The SMILES string of the molecule is COc1cccc(N(C)CC2CCN(C)C2)c1C(C)O. The molecule has 1 aliphatic heterocycles. The summed E-state index contributed by atoms with van der Waals surface area (Å²) in [7, 11) is 5.92. The molecule has 0 aliphatic carbocycles. The molecule has 0 bridgehead atoms. The average molecular weight is 278 g/mol. The van der Waals surface area contributed by atoms with Gasteiger partial charge in [0.2, 0.25) is 0 Å². The highest BCUT2D eigenvalue weighted by atomic mass is 16.5. The lowest BCUT2D eigenvalue weighted by molar-refractivity contribution is 0.194. The Morgan fingerprint density at radius 3 is 2.80 bits per heavy atom. The van der Waals surface area contributed by atoms with E-state index in [1.807, 2.05) is 12.1 Å². The van der Waals surface area contributed by atoms with Crippen molar-refractivity contribution in [2.24, 2.45) is 5.92 Å². The van der Waals surface area contributed by atoms with Crippen molar-refractivity contribution in [1.29, 1.82) is 0 Å². The van der Waals surface area contributed by atoms with E-state index in [-0.39, 0.29) is 0 Å². The standard InChI is InChI=1S/C16H26N2O2/c1-12(19)16-14(6-5-7-15(16)20-4)18(3)11-13-8-9-17(2)10-13/h5-7,12-13,19H,8-11H2,1-4H3. The summed E-state index contributed by atoms with van der Waals surface area (Å²) in [6.07, 6.45) is 0.712. The molecule has 4 heteroatoms. The summed E-state index contributed by atoms with van der Waals surface area (Å²) in [6.45, 7) is 5.13. The molecule has 0 radical (unpaired) electrons. The molecule has 20 heavy (non-hydrogen) atoms. The number of rotatable bonds is 5. The first kappa shape index (κ1) is 15.1. The minimum Gasteiger partial charge on any atom is -0.496 e.